The molecule has 0 radical (unpaired) electrons. The van der Waals surface area contributed by atoms with E-state index in [0.717, 1.165) is 12.0 Å². The molecule has 7 nitrogen and oxygen atoms in total. The van der Waals surface area contributed by atoms with Crippen molar-refractivity contribution in [2.75, 3.05) is 25.2 Å². The summed E-state index contributed by atoms with van der Waals surface area (Å²) in [6.07, 6.45) is 0.840. The van der Waals surface area contributed by atoms with Crippen molar-refractivity contribution in [3.63, 3.8) is 0 Å². The van der Waals surface area contributed by atoms with Crippen molar-refractivity contribution >= 4 is 34.7 Å². The number of fused-ring (bicyclic) bond motifs is 1. The second-order valence-electron chi connectivity index (χ2n) is 8.44. The minimum atomic E-state index is -0.861. The molecule has 1 atom stereocenters. The third-order valence-electron chi connectivity index (χ3n) is 6.38. The van der Waals surface area contributed by atoms with Gasteiger partial charge in [-0.3, -0.25) is 14.5 Å². The number of carbonyl (C=O) groups is 2. The minimum absolute atomic E-state index is 0.0245. The van der Waals surface area contributed by atoms with E-state index in [2.05, 4.69) is 0 Å². The summed E-state index contributed by atoms with van der Waals surface area (Å²) < 4.78 is 16.6. The van der Waals surface area contributed by atoms with Gasteiger partial charge in [-0.15, -0.1) is 0 Å². The molecule has 1 amide bonds. The number of anilines is 1. The van der Waals surface area contributed by atoms with Crippen LogP contribution in [0, 0.1) is 0 Å². The van der Waals surface area contributed by atoms with Crippen LogP contribution in [0.1, 0.15) is 29.7 Å². The Labute approximate surface area is 213 Å². The van der Waals surface area contributed by atoms with Gasteiger partial charge in [0.05, 0.1) is 23.7 Å². The molecule has 2 aliphatic rings. The zero-order valence-electron chi connectivity index (χ0n) is 19.8. The average Bonchev–Trinajstić information content (AvgIpc) is 3.18. The second kappa shape index (κ2) is 9.59. The number of aryl methyl sites for hydroxylation is 1. The van der Waals surface area contributed by atoms with Crippen molar-refractivity contribution in [1.82, 2.24) is 0 Å². The second-order valence-corrected chi connectivity index (χ2v) is 8.85. The van der Waals surface area contributed by atoms with Gasteiger partial charge in [0.25, 0.3) is 11.7 Å². The van der Waals surface area contributed by atoms with Gasteiger partial charge in [0.2, 0.25) is 0 Å². The molecular weight excluding hydrogens is 482 g/mol. The number of amides is 1. The lowest BCUT2D eigenvalue weighted by Gasteiger charge is -2.27. The molecule has 2 aliphatic heterocycles. The van der Waals surface area contributed by atoms with Crippen LogP contribution in [0.2, 0.25) is 5.02 Å². The van der Waals surface area contributed by atoms with Gasteiger partial charge >= 0.3 is 0 Å². The number of aliphatic hydroxyl groups is 1. The quantitative estimate of drug-likeness (QED) is 0.287. The minimum Gasteiger partial charge on any atom is -0.507 e. The van der Waals surface area contributed by atoms with Gasteiger partial charge in [0.1, 0.15) is 24.7 Å². The summed E-state index contributed by atoms with van der Waals surface area (Å²) in [6.45, 7) is 2.87. The van der Waals surface area contributed by atoms with Crippen molar-refractivity contribution in [2.45, 2.75) is 19.4 Å². The Hall–Kier alpha value is -3.97. The summed E-state index contributed by atoms with van der Waals surface area (Å²) >= 11 is 6.15. The molecule has 3 aromatic rings. The summed E-state index contributed by atoms with van der Waals surface area (Å²) in [6, 6.07) is 16.6. The van der Waals surface area contributed by atoms with E-state index in [-0.39, 0.29) is 11.3 Å². The van der Waals surface area contributed by atoms with Crippen LogP contribution in [0.4, 0.5) is 5.69 Å². The number of nitrogens with zero attached hydrogens (tertiary/aromatic N) is 1. The van der Waals surface area contributed by atoms with Crippen LogP contribution in [0.25, 0.3) is 5.76 Å². The highest BCUT2D eigenvalue weighted by Crippen LogP contribution is 2.45. The van der Waals surface area contributed by atoms with Crippen molar-refractivity contribution in [3.05, 3.63) is 87.9 Å². The number of ketones is 1. The first-order chi connectivity index (χ1) is 17.4. The Bertz CT molecular complexity index is 1380. The van der Waals surface area contributed by atoms with Gasteiger partial charge in [-0.25, -0.2) is 0 Å². The number of methoxy groups -OCH3 is 1. The molecule has 36 heavy (non-hydrogen) atoms. The van der Waals surface area contributed by atoms with E-state index in [4.69, 9.17) is 25.8 Å². The Morgan fingerprint density at radius 2 is 1.75 bits per heavy atom. The molecule has 0 aliphatic carbocycles. The monoisotopic (exact) mass is 505 g/mol. The lowest BCUT2D eigenvalue weighted by molar-refractivity contribution is -0.132. The fourth-order valence-electron chi connectivity index (χ4n) is 4.49. The van der Waals surface area contributed by atoms with E-state index in [9.17, 15) is 14.7 Å². The van der Waals surface area contributed by atoms with E-state index < -0.39 is 17.7 Å². The molecule has 0 bridgehead atoms. The first-order valence-corrected chi connectivity index (χ1v) is 11.9. The lowest BCUT2D eigenvalue weighted by Crippen LogP contribution is -2.29. The van der Waals surface area contributed by atoms with Gasteiger partial charge in [0.15, 0.2) is 11.5 Å². The number of halogens is 1. The molecule has 0 spiro atoms. The number of carbonyl (C=O) groups excluding carboxylic acids is 2. The number of rotatable bonds is 5. The molecule has 0 aromatic heterocycles. The molecule has 1 N–H and O–H groups in total. The summed E-state index contributed by atoms with van der Waals surface area (Å²) in [4.78, 5) is 28.2. The highest BCUT2D eigenvalue weighted by molar-refractivity contribution is 6.51. The molecule has 184 valence electrons. The number of ether oxygens (including phenoxy) is 3. The smallest absolute Gasteiger partial charge is 0.300 e. The van der Waals surface area contributed by atoms with E-state index in [1.165, 1.54) is 18.1 Å². The predicted molar refractivity (Wildman–Crippen MR) is 136 cm³/mol. The molecular formula is C28H24ClNO6. The van der Waals surface area contributed by atoms with E-state index in [1.54, 1.807) is 30.3 Å². The molecule has 5 rings (SSSR count). The molecule has 1 saturated heterocycles. The van der Waals surface area contributed by atoms with Crippen LogP contribution < -0.4 is 19.1 Å². The van der Waals surface area contributed by atoms with Crippen molar-refractivity contribution in [1.29, 1.82) is 0 Å². The van der Waals surface area contributed by atoms with E-state index >= 15 is 0 Å². The van der Waals surface area contributed by atoms with Crippen LogP contribution in [0.15, 0.2) is 66.2 Å². The zero-order valence-corrected chi connectivity index (χ0v) is 20.5. The zero-order chi connectivity index (χ0) is 25.4. The van der Waals surface area contributed by atoms with Crippen LogP contribution in [-0.4, -0.2) is 37.1 Å². The number of Topliss-reactive ketones (excluding diaryl/α,β-unsaturated/α-hetero) is 1. The maximum atomic E-state index is 13.4. The molecule has 3 aromatic carbocycles. The summed E-state index contributed by atoms with van der Waals surface area (Å²) in [7, 11) is 1.46. The topological polar surface area (TPSA) is 85.3 Å². The fourth-order valence-corrected chi connectivity index (χ4v) is 4.69. The lowest BCUT2D eigenvalue weighted by atomic mass is 9.94. The summed E-state index contributed by atoms with van der Waals surface area (Å²) in [5, 5.41) is 11.7. The standard InChI is InChI=1S/C28H24ClNO6/c1-3-16-4-6-17(7-5-16)25-24(26(31)18-8-10-20(29)22(14-18)34-2)27(32)28(33)30(25)19-9-11-21-23(15-19)36-13-12-35-21/h4-11,14-15,25,31H,3,12-13H2,1-2H3/b26-24+. The molecule has 0 saturated carbocycles. The normalized spacial score (nSPS) is 18.4. The van der Waals surface area contributed by atoms with E-state index in [0.29, 0.717) is 52.3 Å². The number of benzene rings is 3. The molecule has 1 fully saturated rings. The Morgan fingerprint density at radius 1 is 1.03 bits per heavy atom. The summed E-state index contributed by atoms with van der Waals surface area (Å²) in [5.74, 6) is -0.458. The SMILES string of the molecule is CCc1ccc(C2/C(=C(\O)c3ccc(Cl)c(OC)c3)C(=O)C(=O)N2c2ccc3c(c2)OCCO3)cc1. The van der Waals surface area contributed by atoms with E-state index in [1.807, 2.05) is 31.2 Å². The third kappa shape index (κ3) is 4.05. The van der Waals surface area contributed by atoms with Crippen molar-refractivity contribution in [3.8, 4) is 17.2 Å². The molecule has 2 heterocycles. The maximum absolute atomic E-state index is 13.4. The number of hydrogen-bond acceptors (Lipinski definition) is 6. The largest absolute Gasteiger partial charge is 0.507 e. The predicted octanol–water partition coefficient (Wildman–Crippen LogP) is 5.31. The van der Waals surface area contributed by atoms with Gasteiger partial charge in [-0.05, 0) is 47.9 Å². The first-order valence-electron chi connectivity index (χ1n) is 11.6. The first kappa shape index (κ1) is 23.8. The summed E-state index contributed by atoms with van der Waals surface area (Å²) in [5.41, 5.74) is 2.54. The Kier molecular flexibility index (Phi) is 6.33. The molecule has 1 unspecified atom stereocenters. The highest BCUT2D eigenvalue weighted by Gasteiger charge is 2.47. The van der Waals surface area contributed by atoms with Crippen LogP contribution in [0.5, 0.6) is 17.2 Å². The van der Waals surface area contributed by atoms with Crippen LogP contribution in [-0.2, 0) is 16.0 Å². The Morgan fingerprint density at radius 3 is 2.44 bits per heavy atom. The van der Waals surface area contributed by atoms with Gasteiger partial charge in [0, 0.05) is 17.3 Å². The van der Waals surface area contributed by atoms with Gasteiger partial charge in [-0.2, -0.15) is 0 Å². The fraction of sp³-hybridized carbons (Fsp3) is 0.214. The maximum Gasteiger partial charge on any atom is 0.300 e. The van der Waals surface area contributed by atoms with Crippen LogP contribution in [0.3, 0.4) is 0 Å². The van der Waals surface area contributed by atoms with Gasteiger partial charge < -0.3 is 19.3 Å². The van der Waals surface area contributed by atoms with Crippen molar-refractivity contribution in [2.24, 2.45) is 0 Å². The van der Waals surface area contributed by atoms with Gasteiger partial charge in [-0.1, -0.05) is 42.8 Å². The van der Waals surface area contributed by atoms with Crippen molar-refractivity contribution < 1.29 is 28.9 Å². The highest BCUT2D eigenvalue weighted by atomic mass is 35.5. The third-order valence-corrected chi connectivity index (χ3v) is 6.69. The Balaban J connectivity index is 1.69. The molecule has 8 heteroatoms. The number of aliphatic hydroxyl groups excluding tert-OH is 1. The average molecular weight is 506 g/mol. The van der Waals surface area contributed by atoms with Crippen LogP contribution >= 0.6 is 11.6 Å². The number of hydrogen-bond donors (Lipinski definition) is 1.